The number of benzene rings is 2. The molecule has 2 heterocycles. The van der Waals surface area contributed by atoms with E-state index in [0.717, 1.165) is 11.3 Å². The lowest BCUT2D eigenvalue weighted by Gasteiger charge is -2.08. The molecule has 2 aromatic heterocycles. The predicted molar refractivity (Wildman–Crippen MR) is 110 cm³/mol. The van der Waals surface area contributed by atoms with Gasteiger partial charge in [0, 0.05) is 28.3 Å². The van der Waals surface area contributed by atoms with Gasteiger partial charge in [-0.3, -0.25) is 14.9 Å². The molecule has 0 atom stereocenters. The van der Waals surface area contributed by atoms with Crippen molar-refractivity contribution in [3.05, 3.63) is 80.1 Å². The first kappa shape index (κ1) is 19.0. The van der Waals surface area contributed by atoms with E-state index in [-0.39, 0.29) is 15.6 Å². The van der Waals surface area contributed by atoms with Gasteiger partial charge in [0.2, 0.25) is 0 Å². The van der Waals surface area contributed by atoms with E-state index in [2.05, 4.69) is 10.4 Å². The summed E-state index contributed by atoms with van der Waals surface area (Å²) in [7, 11) is 0. The summed E-state index contributed by atoms with van der Waals surface area (Å²) in [5, 5.41) is 18.8. The van der Waals surface area contributed by atoms with Crippen LogP contribution >= 0.6 is 22.9 Å². The number of non-ortho nitro benzene ring substituents is 1. The number of carbonyl (C=O) groups is 1. The lowest BCUT2D eigenvalue weighted by molar-refractivity contribution is -0.384. The van der Waals surface area contributed by atoms with Gasteiger partial charge in [-0.25, -0.2) is 9.07 Å². The van der Waals surface area contributed by atoms with Gasteiger partial charge in [0.25, 0.3) is 11.6 Å². The Hall–Kier alpha value is -3.30. The molecule has 10 heteroatoms. The highest BCUT2D eigenvalue weighted by molar-refractivity contribution is 7.21. The monoisotopic (exact) mass is 430 g/mol. The van der Waals surface area contributed by atoms with E-state index in [4.69, 9.17) is 11.6 Å². The minimum Gasteiger partial charge on any atom is -0.306 e. The molecule has 0 saturated carbocycles. The quantitative estimate of drug-likeness (QED) is 0.349. The largest absolute Gasteiger partial charge is 0.306 e. The van der Waals surface area contributed by atoms with Crippen molar-refractivity contribution in [2.45, 2.75) is 6.92 Å². The van der Waals surface area contributed by atoms with Crippen LogP contribution in [0.2, 0.25) is 5.02 Å². The standard InChI is InChI=1S/C19H12ClFN4O3S/c1-10-8-16(24(23-10)12-3-5-13(6-4-12)25(27)28)22-19(26)18-17(20)14-7-2-11(21)9-15(14)29-18/h2-9H,1H3,(H,22,26). The molecule has 29 heavy (non-hydrogen) atoms. The van der Waals surface area contributed by atoms with Crippen molar-refractivity contribution in [3.63, 3.8) is 0 Å². The zero-order valence-corrected chi connectivity index (χ0v) is 16.4. The second-order valence-electron chi connectivity index (χ2n) is 6.20. The molecule has 0 saturated heterocycles. The van der Waals surface area contributed by atoms with Crippen LogP contribution < -0.4 is 5.32 Å². The number of aryl methyl sites for hydroxylation is 1. The molecular weight excluding hydrogens is 419 g/mol. The van der Waals surface area contributed by atoms with Crippen molar-refractivity contribution in [2.24, 2.45) is 0 Å². The Labute approximate surface area is 172 Å². The maximum atomic E-state index is 13.5. The van der Waals surface area contributed by atoms with Crippen molar-refractivity contribution in [2.75, 3.05) is 5.32 Å². The molecular formula is C19H12ClFN4O3S. The molecule has 0 bridgehead atoms. The Balaban J connectivity index is 1.67. The van der Waals surface area contributed by atoms with E-state index in [1.807, 2.05) is 0 Å². The van der Waals surface area contributed by atoms with Gasteiger partial charge < -0.3 is 5.32 Å². The Morgan fingerprint density at radius 1 is 1.24 bits per heavy atom. The second kappa shape index (κ2) is 7.26. The van der Waals surface area contributed by atoms with Gasteiger partial charge in [0.15, 0.2) is 0 Å². The number of thiophene rings is 1. The van der Waals surface area contributed by atoms with Gasteiger partial charge in [0.1, 0.15) is 16.5 Å². The van der Waals surface area contributed by atoms with Crippen LogP contribution in [0.15, 0.2) is 48.5 Å². The summed E-state index contributed by atoms with van der Waals surface area (Å²) < 4.78 is 15.5. The molecule has 0 aliphatic carbocycles. The number of aromatic nitrogens is 2. The Morgan fingerprint density at radius 2 is 1.97 bits per heavy atom. The fourth-order valence-electron chi connectivity index (χ4n) is 2.86. The molecule has 0 unspecified atom stereocenters. The van der Waals surface area contributed by atoms with Crippen LogP contribution in [0.1, 0.15) is 15.4 Å². The van der Waals surface area contributed by atoms with E-state index in [9.17, 15) is 19.3 Å². The first-order valence-electron chi connectivity index (χ1n) is 8.34. The fraction of sp³-hybridized carbons (Fsp3) is 0.0526. The average molecular weight is 431 g/mol. The third kappa shape index (κ3) is 3.57. The first-order chi connectivity index (χ1) is 13.8. The van der Waals surface area contributed by atoms with E-state index in [0.29, 0.717) is 27.3 Å². The number of nitro benzene ring substituents is 1. The lowest BCUT2D eigenvalue weighted by atomic mass is 10.2. The molecule has 2 aromatic carbocycles. The Morgan fingerprint density at radius 3 is 2.66 bits per heavy atom. The molecule has 0 spiro atoms. The molecule has 1 amide bonds. The van der Waals surface area contributed by atoms with Crippen LogP contribution in [0.25, 0.3) is 15.8 Å². The summed E-state index contributed by atoms with van der Waals surface area (Å²) in [6.07, 6.45) is 0. The summed E-state index contributed by atoms with van der Waals surface area (Å²) in [6, 6.07) is 11.6. The number of nitro groups is 1. The number of hydrogen-bond acceptors (Lipinski definition) is 5. The van der Waals surface area contributed by atoms with E-state index in [1.54, 1.807) is 13.0 Å². The van der Waals surface area contributed by atoms with Crippen LogP contribution in [0.5, 0.6) is 0 Å². The maximum Gasteiger partial charge on any atom is 0.269 e. The Kier molecular flexibility index (Phi) is 4.77. The van der Waals surface area contributed by atoms with Gasteiger partial charge in [-0.2, -0.15) is 5.10 Å². The molecule has 4 rings (SSSR count). The number of amides is 1. The molecule has 0 radical (unpaired) electrons. The number of anilines is 1. The van der Waals surface area contributed by atoms with Gasteiger partial charge in [-0.15, -0.1) is 11.3 Å². The minimum absolute atomic E-state index is 0.0486. The van der Waals surface area contributed by atoms with Crippen LogP contribution in [0.4, 0.5) is 15.9 Å². The van der Waals surface area contributed by atoms with Gasteiger partial charge >= 0.3 is 0 Å². The number of nitrogens with zero attached hydrogens (tertiary/aromatic N) is 3. The van der Waals surface area contributed by atoms with Crippen molar-refractivity contribution < 1.29 is 14.1 Å². The number of carbonyl (C=O) groups excluding carboxylic acids is 1. The summed E-state index contributed by atoms with van der Waals surface area (Å²) in [5.74, 6) is -0.491. The third-order valence-corrected chi connectivity index (χ3v) is 5.83. The normalized spacial score (nSPS) is 11.0. The average Bonchev–Trinajstić information content (AvgIpc) is 3.21. The molecule has 0 aliphatic rings. The first-order valence-corrected chi connectivity index (χ1v) is 9.53. The summed E-state index contributed by atoms with van der Waals surface area (Å²) >= 11 is 7.41. The van der Waals surface area contributed by atoms with Gasteiger partial charge in [-0.05, 0) is 37.3 Å². The third-order valence-electron chi connectivity index (χ3n) is 4.18. The minimum atomic E-state index is -0.493. The molecule has 146 valence electrons. The van der Waals surface area contributed by atoms with Crippen molar-refractivity contribution in [3.8, 4) is 5.69 Å². The molecule has 0 fully saturated rings. The zero-order chi connectivity index (χ0) is 20.7. The summed E-state index contributed by atoms with van der Waals surface area (Å²) in [6.45, 7) is 1.76. The number of fused-ring (bicyclic) bond motifs is 1. The highest BCUT2D eigenvalue weighted by Crippen LogP contribution is 2.36. The lowest BCUT2D eigenvalue weighted by Crippen LogP contribution is -2.14. The number of nitrogens with one attached hydrogen (secondary N) is 1. The number of rotatable bonds is 4. The van der Waals surface area contributed by atoms with Crippen molar-refractivity contribution in [1.82, 2.24) is 9.78 Å². The van der Waals surface area contributed by atoms with Gasteiger partial charge in [-0.1, -0.05) is 11.6 Å². The number of halogens is 2. The molecule has 1 N–H and O–H groups in total. The predicted octanol–water partition coefficient (Wildman–Crippen LogP) is 5.35. The van der Waals surface area contributed by atoms with E-state index < -0.39 is 16.6 Å². The van der Waals surface area contributed by atoms with Crippen LogP contribution in [0, 0.1) is 22.9 Å². The van der Waals surface area contributed by atoms with Crippen molar-refractivity contribution in [1.29, 1.82) is 0 Å². The second-order valence-corrected chi connectivity index (χ2v) is 7.63. The van der Waals surface area contributed by atoms with Crippen LogP contribution in [-0.4, -0.2) is 20.6 Å². The molecule has 4 aromatic rings. The number of hydrogen-bond donors (Lipinski definition) is 1. The smallest absolute Gasteiger partial charge is 0.269 e. The summed E-state index contributed by atoms with van der Waals surface area (Å²) in [4.78, 5) is 23.4. The topological polar surface area (TPSA) is 90.1 Å². The van der Waals surface area contributed by atoms with Crippen LogP contribution in [-0.2, 0) is 0 Å². The fourth-order valence-corrected chi connectivity index (χ4v) is 4.30. The van der Waals surface area contributed by atoms with E-state index >= 15 is 0 Å². The zero-order valence-electron chi connectivity index (χ0n) is 14.8. The maximum absolute atomic E-state index is 13.5. The summed E-state index contributed by atoms with van der Waals surface area (Å²) in [5.41, 5.74) is 1.14. The highest BCUT2D eigenvalue weighted by atomic mass is 35.5. The molecule has 0 aliphatic heterocycles. The van der Waals surface area contributed by atoms with Gasteiger partial charge in [0.05, 0.1) is 21.3 Å². The molecule has 7 nitrogen and oxygen atoms in total. The SMILES string of the molecule is Cc1cc(NC(=O)c2sc3cc(F)ccc3c2Cl)n(-c2ccc([N+](=O)[O-])cc2)n1. The Bertz CT molecular complexity index is 1270. The van der Waals surface area contributed by atoms with Crippen molar-refractivity contribution >= 4 is 50.4 Å². The highest BCUT2D eigenvalue weighted by Gasteiger charge is 2.20. The van der Waals surface area contributed by atoms with Crippen LogP contribution in [0.3, 0.4) is 0 Å². The van der Waals surface area contributed by atoms with E-state index in [1.165, 1.54) is 47.1 Å².